The van der Waals surface area contributed by atoms with E-state index in [1.807, 2.05) is 12.3 Å². The van der Waals surface area contributed by atoms with Crippen LogP contribution in [0.15, 0.2) is 42.6 Å². The number of nitrogens with zero attached hydrogens (tertiary/aromatic N) is 3. The summed E-state index contributed by atoms with van der Waals surface area (Å²) in [6.07, 6.45) is 5.94. The number of hydrogen-bond acceptors (Lipinski definition) is 2. The first-order chi connectivity index (χ1) is 8.93. The average Bonchev–Trinajstić information content (AvgIpc) is 2.89. The molecule has 2 heterocycles. The molecule has 3 rings (SSSR count). The van der Waals surface area contributed by atoms with E-state index in [-0.39, 0.29) is 0 Å². The van der Waals surface area contributed by atoms with Crippen LogP contribution in [0, 0.1) is 0 Å². The number of likely N-dealkylation sites (tertiary alicyclic amines) is 1. The fourth-order valence-electron chi connectivity index (χ4n) is 2.60. The van der Waals surface area contributed by atoms with Gasteiger partial charge in [-0.3, -0.25) is 4.90 Å². The first-order valence-electron chi connectivity index (χ1n) is 6.74. The largest absolute Gasteiger partial charge is 0.298 e. The SMILES string of the molecule is c1ccc(-n2nccc2CN2CCCCC2)cc1. The van der Waals surface area contributed by atoms with Gasteiger partial charge in [0.1, 0.15) is 0 Å². The van der Waals surface area contributed by atoms with Crippen LogP contribution in [0.3, 0.4) is 0 Å². The van der Waals surface area contributed by atoms with Gasteiger partial charge in [0.2, 0.25) is 0 Å². The molecule has 1 aliphatic heterocycles. The van der Waals surface area contributed by atoms with Crippen LogP contribution in [0.2, 0.25) is 0 Å². The van der Waals surface area contributed by atoms with Crippen molar-refractivity contribution in [3.05, 3.63) is 48.3 Å². The van der Waals surface area contributed by atoms with Crippen LogP contribution in [0.5, 0.6) is 0 Å². The molecule has 1 aromatic heterocycles. The Hall–Kier alpha value is -1.61. The smallest absolute Gasteiger partial charge is 0.0649 e. The van der Waals surface area contributed by atoms with Crippen molar-refractivity contribution in [3.63, 3.8) is 0 Å². The highest BCUT2D eigenvalue weighted by Crippen LogP contribution is 2.15. The fourth-order valence-corrected chi connectivity index (χ4v) is 2.60. The first-order valence-corrected chi connectivity index (χ1v) is 6.74. The summed E-state index contributed by atoms with van der Waals surface area (Å²) < 4.78 is 2.05. The van der Waals surface area contributed by atoms with E-state index in [4.69, 9.17) is 0 Å². The summed E-state index contributed by atoms with van der Waals surface area (Å²) in [5, 5.41) is 4.44. The summed E-state index contributed by atoms with van der Waals surface area (Å²) in [5.41, 5.74) is 2.43. The Kier molecular flexibility index (Phi) is 3.42. The van der Waals surface area contributed by atoms with Gasteiger partial charge in [0.25, 0.3) is 0 Å². The van der Waals surface area contributed by atoms with Crippen LogP contribution in [0.4, 0.5) is 0 Å². The Bertz CT molecular complexity index is 483. The van der Waals surface area contributed by atoms with Gasteiger partial charge in [-0.25, -0.2) is 4.68 Å². The second-order valence-corrected chi connectivity index (χ2v) is 4.91. The third-order valence-corrected chi connectivity index (χ3v) is 3.56. The number of hydrogen-bond donors (Lipinski definition) is 0. The maximum atomic E-state index is 4.44. The number of benzene rings is 1. The molecule has 1 fully saturated rings. The van der Waals surface area contributed by atoms with Gasteiger partial charge in [-0.1, -0.05) is 24.6 Å². The van der Waals surface area contributed by atoms with Crippen molar-refractivity contribution in [2.24, 2.45) is 0 Å². The summed E-state index contributed by atoms with van der Waals surface area (Å²) >= 11 is 0. The number of piperidine rings is 1. The normalized spacial score (nSPS) is 16.9. The van der Waals surface area contributed by atoms with Gasteiger partial charge in [0.05, 0.1) is 11.4 Å². The molecule has 2 aromatic rings. The lowest BCUT2D eigenvalue weighted by molar-refractivity contribution is 0.217. The standard InChI is InChI=1S/C15H19N3/c1-3-7-14(8-4-1)18-15(9-10-16-18)13-17-11-5-2-6-12-17/h1,3-4,7-10H,2,5-6,11-13H2. The van der Waals surface area contributed by atoms with Gasteiger partial charge < -0.3 is 0 Å². The highest BCUT2D eigenvalue weighted by molar-refractivity contribution is 5.32. The molecule has 0 radical (unpaired) electrons. The molecule has 94 valence electrons. The minimum Gasteiger partial charge on any atom is -0.298 e. The maximum absolute atomic E-state index is 4.44. The van der Waals surface area contributed by atoms with Crippen molar-refractivity contribution >= 4 is 0 Å². The molecule has 0 unspecified atom stereocenters. The Balaban J connectivity index is 1.79. The fraction of sp³-hybridized carbons (Fsp3) is 0.400. The molecule has 0 aliphatic carbocycles. The topological polar surface area (TPSA) is 21.1 Å². The number of para-hydroxylation sites is 1. The number of aromatic nitrogens is 2. The predicted octanol–water partition coefficient (Wildman–Crippen LogP) is 2.86. The monoisotopic (exact) mass is 241 g/mol. The molecule has 1 aromatic carbocycles. The van der Waals surface area contributed by atoms with E-state index in [1.54, 1.807) is 0 Å². The van der Waals surface area contributed by atoms with Crippen molar-refractivity contribution in [2.75, 3.05) is 13.1 Å². The lowest BCUT2D eigenvalue weighted by Gasteiger charge is -2.26. The average molecular weight is 241 g/mol. The van der Waals surface area contributed by atoms with Crippen LogP contribution in [-0.4, -0.2) is 27.8 Å². The summed E-state index contributed by atoms with van der Waals surface area (Å²) in [6.45, 7) is 3.45. The van der Waals surface area contributed by atoms with Crippen molar-refractivity contribution in [1.29, 1.82) is 0 Å². The lowest BCUT2D eigenvalue weighted by Crippen LogP contribution is -2.30. The molecule has 0 spiro atoms. The van der Waals surface area contributed by atoms with E-state index < -0.39 is 0 Å². The van der Waals surface area contributed by atoms with Crippen molar-refractivity contribution in [1.82, 2.24) is 14.7 Å². The van der Waals surface area contributed by atoms with E-state index in [9.17, 15) is 0 Å². The first kappa shape index (κ1) is 11.5. The third-order valence-electron chi connectivity index (χ3n) is 3.56. The van der Waals surface area contributed by atoms with Gasteiger partial charge in [0.15, 0.2) is 0 Å². The van der Waals surface area contributed by atoms with Crippen molar-refractivity contribution < 1.29 is 0 Å². The maximum Gasteiger partial charge on any atom is 0.0649 e. The van der Waals surface area contributed by atoms with Gasteiger partial charge in [-0.15, -0.1) is 0 Å². The molecule has 1 saturated heterocycles. The quantitative estimate of drug-likeness (QED) is 0.824. The molecule has 0 saturated carbocycles. The van der Waals surface area contributed by atoms with Gasteiger partial charge in [0, 0.05) is 12.7 Å². The molecule has 0 amide bonds. The zero-order chi connectivity index (χ0) is 12.2. The Morgan fingerprint density at radius 3 is 2.50 bits per heavy atom. The van der Waals surface area contributed by atoms with E-state index in [2.05, 4.69) is 45.0 Å². The van der Waals surface area contributed by atoms with Crippen molar-refractivity contribution in [2.45, 2.75) is 25.8 Å². The second kappa shape index (κ2) is 5.36. The van der Waals surface area contributed by atoms with Crippen LogP contribution in [0.25, 0.3) is 5.69 Å². The molecule has 3 heteroatoms. The molecule has 0 atom stereocenters. The van der Waals surface area contributed by atoms with E-state index >= 15 is 0 Å². The Labute approximate surface area is 108 Å². The molecule has 3 nitrogen and oxygen atoms in total. The highest BCUT2D eigenvalue weighted by atomic mass is 15.3. The van der Waals surface area contributed by atoms with E-state index in [0.29, 0.717) is 0 Å². The van der Waals surface area contributed by atoms with Crippen LogP contribution in [-0.2, 0) is 6.54 Å². The van der Waals surface area contributed by atoms with Gasteiger partial charge in [-0.2, -0.15) is 5.10 Å². The molecule has 0 N–H and O–H groups in total. The van der Waals surface area contributed by atoms with Crippen molar-refractivity contribution in [3.8, 4) is 5.69 Å². The van der Waals surface area contributed by atoms with Crippen LogP contribution in [0.1, 0.15) is 25.0 Å². The summed E-state index contributed by atoms with van der Waals surface area (Å²) in [5.74, 6) is 0. The summed E-state index contributed by atoms with van der Waals surface area (Å²) in [7, 11) is 0. The number of rotatable bonds is 3. The van der Waals surface area contributed by atoms with Crippen LogP contribution >= 0.6 is 0 Å². The van der Waals surface area contributed by atoms with Gasteiger partial charge >= 0.3 is 0 Å². The molecular formula is C15H19N3. The minimum atomic E-state index is 1.01. The molecule has 18 heavy (non-hydrogen) atoms. The van der Waals surface area contributed by atoms with Gasteiger partial charge in [-0.05, 0) is 44.1 Å². The van der Waals surface area contributed by atoms with E-state index in [0.717, 1.165) is 12.2 Å². The Morgan fingerprint density at radius 1 is 0.944 bits per heavy atom. The molecular weight excluding hydrogens is 222 g/mol. The van der Waals surface area contributed by atoms with Crippen LogP contribution < -0.4 is 0 Å². The molecule has 1 aliphatic rings. The lowest BCUT2D eigenvalue weighted by atomic mass is 10.1. The zero-order valence-electron chi connectivity index (χ0n) is 10.6. The molecule has 0 bridgehead atoms. The Morgan fingerprint density at radius 2 is 1.72 bits per heavy atom. The van der Waals surface area contributed by atoms with E-state index in [1.165, 1.54) is 38.0 Å². The highest BCUT2D eigenvalue weighted by Gasteiger charge is 2.13. The predicted molar refractivity (Wildman–Crippen MR) is 72.7 cm³/mol. The summed E-state index contributed by atoms with van der Waals surface area (Å²) in [6, 6.07) is 12.5. The summed E-state index contributed by atoms with van der Waals surface area (Å²) in [4.78, 5) is 2.53. The zero-order valence-corrected chi connectivity index (χ0v) is 10.6. The third kappa shape index (κ3) is 2.46. The minimum absolute atomic E-state index is 1.01. The second-order valence-electron chi connectivity index (χ2n) is 4.91.